The number of nitrogens with zero attached hydrogens (tertiary/aromatic N) is 1. The summed E-state index contributed by atoms with van der Waals surface area (Å²) >= 11 is 0. The van der Waals surface area contributed by atoms with Crippen LogP contribution in [0.3, 0.4) is 0 Å². The van der Waals surface area contributed by atoms with Gasteiger partial charge in [0.25, 0.3) is 0 Å². The average molecular weight is 407 g/mol. The van der Waals surface area contributed by atoms with Gasteiger partial charge in [-0.05, 0) is 65.2 Å². The van der Waals surface area contributed by atoms with Gasteiger partial charge in [0.2, 0.25) is 5.91 Å². The lowest BCUT2D eigenvalue weighted by molar-refractivity contribution is -0.118. The zero-order valence-electron chi connectivity index (χ0n) is 17.0. The molecule has 0 radical (unpaired) electrons. The van der Waals surface area contributed by atoms with E-state index in [0.29, 0.717) is 17.2 Å². The third kappa shape index (κ3) is 3.45. The van der Waals surface area contributed by atoms with Gasteiger partial charge in [-0.25, -0.2) is 4.39 Å². The number of methoxy groups -OCH3 is 3. The maximum atomic E-state index is 13.6. The number of rotatable bonds is 5. The van der Waals surface area contributed by atoms with E-state index in [1.807, 2.05) is 36.4 Å². The smallest absolute Gasteiger partial charge is 0.232 e. The maximum Gasteiger partial charge on any atom is 0.232 e. The molecule has 0 aromatic heterocycles. The number of amides is 1. The molecule has 3 aromatic rings. The first-order chi connectivity index (χ1) is 14.5. The van der Waals surface area contributed by atoms with E-state index >= 15 is 0 Å². The van der Waals surface area contributed by atoms with Crippen molar-refractivity contribution >= 4 is 11.6 Å². The van der Waals surface area contributed by atoms with Gasteiger partial charge in [-0.2, -0.15) is 0 Å². The Morgan fingerprint density at radius 2 is 1.50 bits per heavy atom. The molecule has 3 aromatic carbocycles. The third-order valence-corrected chi connectivity index (χ3v) is 5.34. The molecule has 1 unspecified atom stereocenters. The molecule has 1 amide bonds. The lowest BCUT2D eigenvalue weighted by Crippen LogP contribution is -2.41. The number of benzene rings is 3. The molecule has 4 rings (SSSR count). The van der Waals surface area contributed by atoms with Gasteiger partial charge in [-0.1, -0.05) is 12.1 Å². The second-order valence-corrected chi connectivity index (χ2v) is 7.00. The van der Waals surface area contributed by atoms with Crippen molar-refractivity contribution in [3.63, 3.8) is 0 Å². The topological polar surface area (TPSA) is 48.0 Å². The van der Waals surface area contributed by atoms with E-state index in [9.17, 15) is 9.18 Å². The van der Waals surface area contributed by atoms with E-state index in [-0.39, 0.29) is 18.1 Å². The number of ether oxygens (including phenoxy) is 3. The molecule has 1 atom stereocenters. The molecule has 0 saturated carbocycles. The first-order valence-corrected chi connectivity index (χ1v) is 9.52. The Balaban J connectivity index is 1.91. The van der Waals surface area contributed by atoms with Crippen LogP contribution in [0.5, 0.6) is 17.2 Å². The normalized spacial score (nSPS) is 15.5. The van der Waals surface area contributed by atoms with Gasteiger partial charge >= 0.3 is 0 Å². The number of hydrogen-bond acceptors (Lipinski definition) is 4. The second kappa shape index (κ2) is 8.06. The Morgan fingerprint density at radius 3 is 2.10 bits per heavy atom. The van der Waals surface area contributed by atoms with Gasteiger partial charge in [0, 0.05) is 5.69 Å². The molecular weight excluding hydrogens is 385 g/mol. The van der Waals surface area contributed by atoms with Crippen molar-refractivity contribution in [1.82, 2.24) is 0 Å². The first kappa shape index (κ1) is 19.8. The fourth-order valence-electron chi connectivity index (χ4n) is 3.89. The van der Waals surface area contributed by atoms with Crippen molar-refractivity contribution in [3.8, 4) is 17.2 Å². The molecular formula is C24H22FNO4. The van der Waals surface area contributed by atoms with Crippen LogP contribution in [-0.2, 0) is 11.2 Å². The Bertz CT molecular complexity index is 1060. The zero-order chi connectivity index (χ0) is 21.3. The van der Waals surface area contributed by atoms with Crippen LogP contribution < -0.4 is 19.1 Å². The Kier molecular flexibility index (Phi) is 5.31. The summed E-state index contributed by atoms with van der Waals surface area (Å²) in [5.74, 6) is 1.46. The van der Waals surface area contributed by atoms with Crippen molar-refractivity contribution in [3.05, 3.63) is 83.2 Å². The van der Waals surface area contributed by atoms with Crippen molar-refractivity contribution in [2.45, 2.75) is 12.5 Å². The lowest BCUT2D eigenvalue weighted by atomic mass is 9.87. The number of hydrogen-bond donors (Lipinski definition) is 0. The summed E-state index contributed by atoms with van der Waals surface area (Å²) in [6, 6.07) is 16.8. The van der Waals surface area contributed by atoms with Crippen molar-refractivity contribution < 1.29 is 23.4 Å². The van der Waals surface area contributed by atoms with Crippen molar-refractivity contribution in [2.24, 2.45) is 0 Å². The quantitative estimate of drug-likeness (QED) is 0.624. The minimum Gasteiger partial charge on any atom is -0.497 e. The summed E-state index contributed by atoms with van der Waals surface area (Å²) in [4.78, 5) is 15.0. The Morgan fingerprint density at radius 1 is 0.867 bits per heavy atom. The summed E-state index contributed by atoms with van der Waals surface area (Å²) in [7, 11) is 4.74. The second-order valence-electron chi connectivity index (χ2n) is 7.00. The van der Waals surface area contributed by atoms with Gasteiger partial charge in [-0.3, -0.25) is 4.79 Å². The molecule has 5 nitrogen and oxygen atoms in total. The van der Waals surface area contributed by atoms with Gasteiger partial charge in [-0.15, -0.1) is 0 Å². The van der Waals surface area contributed by atoms with Gasteiger partial charge in [0.1, 0.15) is 11.6 Å². The summed E-state index contributed by atoms with van der Waals surface area (Å²) in [5, 5.41) is 0. The van der Waals surface area contributed by atoms with Gasteiger partial charge in [0.05, 0.1) is 33.8 Å². The van der Waals surface area contributed by atoms with Crippen LogP contribution in [0.25, 0.3) is 0 Å². The minimum absolute atomic E-state index is 0.0609. The van der Waals surface area contributed by atoms with E-state index in [0.717, 1.165) is 22.4 Å². The molecule has 0 fully saturated rings. The summed E-state index contributed by atoms with van der Waals surface area (Å²) in [5.41, 5.74) is 3.30. The van der Waals surface area contributed by atoms with E-state index < -0.39 is 6.04 Å². The monoisotopic (exact) mass is 407 g/mol. The molecule has 1 heterocycles. The molecule has 1 aliphatic heterocycles. The highest BCUT2D eigenvalue weighted by atomic mass is 19.1. The summed E-state index contributed by atoms with van der Waals surface area (Å²) < 4.78 is 29.8. The summed E-state index contributed by atoms with van der Waals surface area (Å²) in [6.07, 6.45) is 0.222. The van der Waals surface area contributed by atoms with E-state index in [2.05, 4.69) is 0 Å². The Hall–Kier alpha value is -3.54. The number of halogens is 1. The highest BCUT2D eigenvalue weighted by molar-refractivity contribution is 5.98. The van der Waals surface area contributed by atoms with Crippen LogP contribution in [0.4, 0.5) is 10.1 Å². The fourth-order valence-corrected chi connectivity index (χ4v) is 3.89. The largest absolute Gasteiger partial charge is 0.497 e. The SMILES string of the molecule is COc1ccc(N2C(=O)Cc3cc(OC)c(OC)cc3C2c2ccc(F)cc2)cc1. The third-order valence-electron chi connectivity index (χ3n) is 5.34. The van der Waals surface area contributed by atoms with Crippen molar-refractivity contribution in [2.75, 3.05) is 26.2 Å². The highest BCUT2D eigenvalue weighted by Crippen LogP contribution is 2.43. The minimum atomic E-state index is -0.435. The van der Waals surface area contributed by atoms with Crippen LogP contribution in [0.2, 0.25) is 0 Å². The molecule has 1 aliphatic rings. The average Bonchev–Trinajstić information content (AvgIpc) is 2.78. The predicted molar refractivity (Wildman–Crippen MR) is 112 cm³/mol. The zero-order valence-corrected chi connectivity index (χ0v) is 17.0. The van der Waals surface area contributed by atoms with Crippen LogP contribution in [0.1, 0.15) is 22.7 Å². The van der Waals surface area contributed by atoms with E-state index in [1.165, 1.54) is 12.1 Å². The van der Waals surface area contributed by atoms with Gasteiger partial charge in [0.15, 0.2) is 11.5 Å². The standard InChI is InChI=1S/C24H22FNO4/c1-28-19-10-8-18(9-11-19)26-23(27)13-16-12-21(29-2)22(30-3)14-20(16)24(26)15-4-6-17(25)7-5-15/h4-12,14,24H,13H2,1-3H3. The molecule has 6 heteroatoms. The van der Waals surface area contributed by atoms with Crippen LogP contribution in [-0.4, -0.2) is 27.2 Å². The van der Waals surface area contributed by atoms with Crippen LogP contribution >= 0.6 is 0 Å². The fraction of sp³-hybridized carbons (Fsp3) is 0.208. The van der Waals surface area contributed by atoms with Crippen LogP contribution in [0.15, 0.2) is 60.7 Å². The van der Waals surface area contributed by atoms with Crippen molar-refractivity contribution in [1.29, 1.82) is 0 Å². The van der Waals surface area contributed by atoms with E-state index in [4.69, 9.17) is 14.2 Å². The molecule has 0 saturated heterocycles. The number of anilines is 1. The van der Waals surface area contributed by atoms with Crippen LogP contribution in [0, 0.1) is 5.82 Å². The number of carbonyl (C=O) groups excluding carboxylic acids is 1. The number of carbonyl (C=O) groups is 1. The highest BCUT2D eigenvalue weighted by Gasteiger charge is 2.36. The molecule has 0 N–H and O–H groups in total. The number of fused-ring (bicyclic) bond motifs is 1. The Labute approximate surface area is 174 Å². The predicted octanol–water partition coefficient (Wildman–Crippen LogP) is 4.53. The molecule has 0 bridgehead atoms. The van der Waals surface area contributed by atoms with Gasteiger partial charge < -0.3 is 19.1 Å². The first-order valence-electron chi connectivity index (χ1n) is 9.52. The molecule has 30 heavy (non-hydrogen) atoms. The molecule has 154 valence electrons. The molecule has 0 spiro atoms. The lowest BCUT2D eigenvalue weighted by Gasteiger charge is -2.38. The molecule has 0 aliphatic carbocycles. The van der Waals surface area contributed by atoms with E-state index in [1.54, 1.807) is 38.4 Å². The summed E-state index contributed by atoms with van der Waals surface area (Å²) in [6.45, 7) is 0. The maximum absolute atomic E-state index is 13.6.